The van der Waals surface area contributed by atoms with Crippen molar-refractivity contribution in [2.24, 2.45) is 0 Å². The average Bonchev–Trinajstić information content (AvgIpc) is 2.55. The smallest absolute Gasteiger partial charge is 0.178 e. The molecule has 0 bridgehead atoms. The quantitative estimate of drug-likeness (QED) is 0.784. The van der Waals surface area contributed by atoms with Gasteiger partial charge in [-0.25, -0.2) is 8.42 Å². The molecule has 0 radical (unpaired) electrons. The highest BCUT2D eigenvalue weighted by atomic mass is 32.2. The van der Waals surface area contributed by atoms with E-state index in [-0.39, 0.29) is 28.8 Å². The van der Waals surface area contributed by atoms with Crippen LogP contribution in [-0.2, 0) is 14.6 Å². The van der Waals surface area contributed by atoms with E-state index >= 15 is 0 Å². The third-order valence-electron chi connectivity index (χ3n) is 3.65. The zero-order valence-electron chi connectivity index (χ0n) is 12.6. The molecule has 2 aromatic rings. The Labute approximate surface area is 131 Å². The van der Waals surface area contributed by atoms with Gasteiger partial charge in [0.05, 0.1) is 10.6 Å². The molecule has 0 saturated heterocycles. The second-order valence-corrected chi connectivity index (χ2v) is 7.55. The van der Waals surface area contributed by atoms with Crippen molar-refractivity contribution in [1.29, 1.82) is 0 Å². The Kier molecular flexibility index (Phi) is 5.50. The highest BCUT2D eigenvalue weighted by molar-refractivity contribution is 7.91. The lowest BCUT2D eigenvalue weighted by Crippen LogP contribution is -2.13. The summed E-state index contributed by atoms with van der Waals surface area (Å²) in [5.74, 6) is -0.0406. The lowest BCUT2D eigenvalue weighted by atomic mass is 9.95. The SMILES string of the molecule is CC(CC(=O)CCS(=O)(=O)c1ccccc1)c1ccccc1. The van der Waals surface area contributed by atoms with Crippen molar-refractivity contribution in [1.82, 2.24) is 0 Å². The maximum absolute atomic E-state index is 12.1. The number of carbonyl (C=O) groups excluding carboxylic acids is 1. The first-order valence-electron chi connectivity index (χ1n) is 7.33. The van der Waals surface area contributed by atoms with Crippen LogP contribution in [0.25, 0.3) is 0 Å². The minimum atomic E-state index is -3.38. The second-order valence-electron chi connectivity index (χ2n) is 5.44. The molecular weight excluding hydrogens is 296 g/mol. The molecule has 0 aromatic heterocycles. The molecule has 0 aliphatic carbocycles. The third kappa shape index (κ3) is 4.53. The topological polar surface area (TPSA) is 51.2 Å². The summed E-state index contributed by atoms with van der Waals surface area (Å²) in [6, 6.07) is 18.1. The fourth-order valence-corrected chi connectivity index (χ4v) is 3.64. The fourth-order valence-electron chi connectivity index (χ4n) is 2.34. The predicted molar refractivity (Wildman–Crippen MR) is 87.6 cm³/mol. The van der Waals surface area contributed by atoms with E-state index in [1.807, 2.05) is 37.3 Å². The summed E-state index contributed by atoms with van der Waals surface area (Å²) in [7, 11) is -3.38. The molecule has 0 N–H and O–H groups in total. The van der Waals surface area contributed by atoms with Gasteiger partial charge < -0.3 is 0 Å². The third-order valence-corrected chi connectivity index (χ3v) is 5.39. The molecule has 116 valence electrons. The van der Waals surface area contributed by atoms with Crippen molar-refractivity contribution in [2.75, 3.05) is 5.75 Å². The minimum absolute atomic E-state index is 0.0177. The van der Waals surface area contributed by atoms with Gasteiger partial charge in [0.25, 0.3) is 0 Å². The highest BCUT2D eigenvalue weighted by Crippen LogP contribution is 2.20. The molecular formula is C18H20O3S. The first-order chi connectivity index (χ1) is 10.5. The largest absolute Gasteiger partial charge is 0.300 e. The van der Waals surface area contributed by atoms with Crippen molar-refractivity contribution in [2.45, 2.75) is 30.6 Å². The molecule has 1 atom stereocenters. The molecule has 1 unspecified atom stereocenters. The monoisotopic (exact) mass is 316 g/mol. The molecule has 0 saturated carbocycles. The summed E-state index contributed by atoms with van der Waals surface area (Å²) >= 11 is 0. The van der Waals surface area contributed by atoms with Crippen LogP contribution in [0, 0.1) is 0 Å². The molecule has 0 fully saturated rings. The van der Waals surface area contributed by atoms with Gasteiger partial charge in [-0.1, -0.05) is 55.5 Å². The summed E-state index contributed by atoms with van der Waals surface area (Å²) in [5, 5.41) is 0. The van der Waals surface area contributed by atoms with E-state index in [9.17, 15) is 13.2 Å². The van der Waals surface area contributed by atoms with E-state index in [1.165, 1.54) is 0 Å². The van der Waals surface area contributed by atoms with Crippen LogP contribution in [0.4, 0.5) is 0 Å². The maximum Gasteiger partial charge on any atom is 0.178 e. The van der Waals surface area contributed by atoms with Crippen LogP contribution in [0.2, 0.25) is 0 Å². The lowest BCUT2D eigenvalue weighted by molar-refractivity contribution is -0.119. The Hall–Kier alpha value is -1.94. The standard InChI is InChI=1S/C18H20O3S/c1-15(16-8-4-2-5-9-16)14-17(19)12-13-22(20,21)18-10-6-3-7-11-18/h2-11,15H,12-14H2,1H3. The van der Waals surface area contributed by atoms with E-state index in [4.69, 9.17) is 0 Å². The van der Waals surface area contributed by atoms with Gasteiger partial charge in [0.2, 0.25) is 0 Å². The number of rotatable bonds is 7. The lowest BCUT2D eigenvalue weighted by Gasteiger charge is -2.11. The Morgan fingerprint density at radius 2 is 1.50 bits per heavy atom. The first kappa shape index (κ1) is 16.4. The van der Waals surface area contributed by atoms with Crippen LogP contribution >= 0.6 is 0 Å². The Morgan fingerprint density at radius 1 is 0.955 bits per heavy atom. The van der Waals surface area contributed by atoms with Crippen LogP contribution in [0.15, 0.2) is 65.6 Å². The molecule has 2 aromatic carbocycles. The van der Waals surface area contributed by atoms with Gasteiger partial charge in [-0.3, -0.25) is 4.79 Å². The van der Waals surface area contributed by atoms with Crippen molar-refractivity contribution in [3.8, 4) is 0 Å². The predicted octanol–water partition coefficient (Wildman–Crippen LogP) is 3.61. The highest BCUT2D eigenvalue weighted by Gasteiger charge is 2.17. The molecule has 3 nitrogen and oxygen atoms in total. The maximum atomic E-state index is 12.1. The summed E-state index contributed by atoms with van der Waals surface area (Å²) < 4.78 is 24.3. The summed E-state index contributed by atoms with van der Waals surface area (Å²) in [4.78, 5) is 12.3. The van der Waals surface area contributed by atoms with E-state index in [2.05, 4.69) is 0 Å². The Morgan fingerprint density at radius 3 is 2.09 bits per heavy atom. The first-order valence-corrected chi connectivity index (χ1v) is 8.99. The Balaban J connectivity index is 1.91. The number of hydrogen-bond donors (Lipinski definition) is 0. The van der Waals surface area contributed by atoms with Crippen LogP contribution in [0.1, 0.15) is 31.2 Å². The van der Waals surface area contributed by atoms with Crippen molar-refractivity contribution in [3.05, 3.63) is 66.2 Å². The normalized spacial score (nSPS) is 12.8. The number of ketones is 1. The number of benzene rings is 2. The number of Topliss-reactive ketones (excluding diaryl/α,β-unsaturated/α-hetero) is 1. The van der Waals surface area contributed by atoms with Gasteiger partial charge in [-0.15, -0.1) is 0 Å². The molecule has 22 heavy (non-hydrogen) atoms. The summed E-state index contributed by atoms with van der Waals surface area (Å²) in [5.41, 5.74) is 1.10. The van der Waals surface area contributed by atoms with Gasteiger partial charge in [0.1, 0.15) is 5.78 Å². The van der Waals surface area contributed by atoms with Crippen molar-refractivity contribution < 1.29 is 13.2 Å². The molecule has 0 heterocycles. The fraction of sp³-hybridized carbons (Fsp3) is 0.278. The van der Waals surface area contributed by atoms with E-state index in [1.54, 1.807) is 30.3 Å². The molecule has 0 spiro atoms. The molecule has 0 amide bonds. The molecule has 0 aliphatic rings. The Bertz CT molecular complexity index is 707. The number of carbonyl (C=O) groups is 1. The number of hydrogen-bond acceptors (Lipinski definition) is 3. The molecule has 2 rings (SSSR count). The van der Waals surface area contributed by atoms with Gasteiger partial charge >= 0.3 is 0 Å². The van der Waals surface area contributed by atoms with E-state index in [0.717, 1.165) is 5.56 Å². The summed E-state index contributed by atoms with van der Waals surface area (Å²) in [6.07, 6.45) is 0.433. The second kappa shape index (κ2) is 7.36. The molecule has 4 heteroatoms. The summed E-state index contributed by atoms with van der Waals surface area (Å²) in [6.45, 7) is 1.99. The van der Waals surface area contributed by atoms with Gasteiger partial charge in [-0.05, 0) is 23.6 Å². The number of sulfone groups is 1. The van der Waals surface area contributed by atoms with Crippen LogP contribution in [0.5, 0.6) is 0 Å². The van der Waals surface area contributed by atoms with Gasteiger partial charge in [-0.2, -0.15) is 0 Å². The van der Waals surface area contributed by atoms with Crippen LogP contribution in [0.3, 0.4) is 0 Å². The zero-order chi connectivity index (χ0) is 16.0. The molecule has 0 aliphatic heterocycles. The van der Waals surface area contributed by atoms with Crippen LogP contribution in [-0.4, -0.2) is 20.0 Å². The van der Waals surface area contributed by atoms with Gasteiger partial charge in [0, 0.05) is 12.8 Å². The average molecular weight is 316 g/mol. The van der Waals surface area contributed by atoms with Crippen LogP contribution < -0.4 is 0 Å². The van der Waals surface area contributed by atoms with E-state index < -0.39 is 9.84 Å². The van der Waals surface area contributed by atoms with Crippen molar-refractivity contribution >= 4 is 15.6 Å². The zero-order valence-corrected chi connectivity index (χ0v) is 13.4. The van der Waals surface area contributed by atoms with Crippen molar-refractivity contribution in [3.63, 3.8) is 0 Å². The van der Waals surface area contributed by atoms with Gasteiger partial charge in [0.15, 0.2) is 9.84 Å². The van der Waals surface area contributed by atoms with E-state index in [0.29, 0.717) is 6.42 Å². The minimum Gasteiger partial charge on any atom is -0.300 e.